The molecule has 0 bridgehead atoms. The fourth-order valence-corrected chi connectivity index (χ4v) is 3.91. The van der Waals surface area contributed by atoms with Crippen molar-refractivity contribution in [1.29, 1.82) is 0 Å². The molecule has 0 fully saturated rings. The molecule has 0 aromatic heterocycles. The van der Waals surface area contributed by atoms with Crippen molar-refractivity contribution in [1.82, 2.24) is 0 Å². The Bertz CT molecular complexity index is 1100. The van der Waals surface area contributed by atoms with Crippen molar-refractivity contribution in [2.45, 2.75) is 99.2 Å². The molecule has 0 amide bonds. The molecule has 0 aliphatic carbocycles. The smallest absolute Gasteiger partial charge is 0.281 e. The van der Waals surface area contributed by atoms with Gasteiger partial charge in [-0.3, -0.25) is 9.11 Å². The van der Waals surface area contributed by atoms with Crippen molar-refractivity contribution in [2.24, 2.45) is 11.8 Å². The lowest BCUT2D eigenvalue weighted by Crippen LogP contribution is -2.56. The van der Waals surface area contributed by atoms with Crippen LogP contribution >= 0.6 is 0 Å². The van der Waals surface area contributed by atoms with Crippen LogP contribution in [0.1, 0.15) is 52.4 Å². The molecule has 0 saturated carbocycles. The number of hydrogen-bond donors (Lipinski definition) is 2. The lowest BCUT2D eigenvalue weighted by molar-refractivity contribution is -0.458. The van der Waals surface area contributed by atoms with E-state index < -0.39 is 117 Å². The molecular formula is C18H22F16O8S2. The van der Waals surface area contributed by atoms with Gasteiger partial charge in [-0.05, 0) is 24.7 Å². The Morgan fingerprint density at radius 1 is 0.500 bits per heavy atom. The first-order chi connectivity index (χ1) is 19.0. The summed E-state index contributed by atoms with van der Waals surface area (Å²) in [6.45, 7) is 1.88. The predicted octanol–water partition coefficient (Wildman–Crippen LogP) is 7.24. The van der Waals surface area contributed by atoms with Crippen LogP contribution in [-0.2, 0) is 29.7 Å². The highest BCUT2D eigenvalue weighted by molar-refractivity contribution is 7.87. The highest BCUT2D eigenvalue weighted by Gasteiger charge is 2.75. The van der Waals surface area contributed by atoms with Gasteiger partial charge < -0.3 is 0 Å². The molecule has 0 radical (unpaired) electrons. The molecule has 8 nitrogen and oxygen atoms in total. The van der Waals surface area contributed by atoms with Gasteiger partial charge in [-0.2, -0.15) is 87.1 Å². The van der Waals surface area contributed by atoms with Crippen LogP contribution in [0.4, 0.5) is 70.2 Å². The van der Waals surface area contributed by atoms with Crippen LogP contribution < -0.4 is 0 Å². The second kappa shape index (κ2) is 13.0. The molecule has 0 aliphatic rings. The fraction of sp³-hybridized carbons (Fsp3) is 1.00. The van der Waals surface area contributed by atoms with E-state index in [9.17, 15) is 87.1 Å². The van der Waals surface area contributed by atoms with Gasteiger partial charge in [0.15, 0.2) is 0 Å². The summed E-state index contributed by atoms with van der Waals surface area (Å²) in [5, 5.41) is -13.7. The Morgan fingerprint density at radius 2 is 0.727 bits per heavy atom. The minimum atomic E-state index is -7.20. The molecule has 0 aromatic rings. The van der Waals surface area contributed by atoms with E-state index in [-0.39, 0.29) is 0 Å². The van der Waals surface area contributed by atoms with Crippen LogP contribution in [-0.4, -0.2) is 72.7 Å². The Balaban J connectivity index is 5.79. The van der Waals surface area contributed by atoms with Gasteiger partial charge >= 0.3 is 67.0 Å². The topological polar surface area (TPSA) is 127 Å². The second-order valence-corrected chi connectivity index (χ2v) is 12.1. The van der Waals surface area contributed by atoms with Gasteiger partial charge in [0.05, 0.1) is 0 Å². The Hall–Kier alpha value is -1.38. The van der Waals surface area contributed by atoms with Crippen LogP contribution in [0.25, 0.3) is 0 Å². The molecule has 0 spiro atoms. The van der Waals surface area contributed by atoms with Crippen LogP contribution in [0.3, 0.4) is 0 Å². The summed E-state index contributed by atoms with van der Waals surface area (Å²) >= 11 is 0. The molecular weight excluding hydrogens is 712 g/mol. The maximum Gasteiger partial charge on any atom is 0.460 e. The van der Waals surface area contributed by atoms with E-state index in [0.717, 1.165) is 13.8 Å². The number of rotatable bonds is 19. The Kier molecular flexibility index (Phi) is 12.6. The van der Waals surface area contributed by atoms with Crippen LogP contribution in [0.5, 0.6) is 0 Å². The molecule has 2 unspecified atom stereocenters. The maximum absolute atomic E-state index is 14.1. The summed E-state index contributed by atoms with van der Waals surface area (Å²) in [7, 11) is -14.4. The van der Waals surface area contributed by atoms with Crippen molar-refractivity contribution in [3.05, 3.63) is 0 Å². The van der Waals surface area contributed by atoms with Crippen molar-refractivity contribution in [2.75, 3.05) is 0 Å². The minimum Gasteiger partial charge on any atom is -0.281 e. The van der Waals surface area contributed by atoms with Crippen molar-refractivity contribution in [3.8, 4) is 0 Å². The first kappa shape index (κ1) is 42.6. The summed E-state index contributed by atoms with van der Waals surface area (Å²) in [6.07, 6.45) is -34.9. The summed E-state index contributed by atoms with van der Waals surface area (Å²) in [6, 6.07) is 0. The zero-order chi connectivity index (χ0) is 35.8. The van der Waals surface area contributed by atoms with E-state index in [0.29, 0.717) is 0 Å². The van der Waals surface area contributed by atoms with E-state index >= 15 is 0 Å². The summed E-state index contributed by atoms with van der Waals surface area (Å²) in [5.41, 5.74) is 0. The van der Waals surface area contributed by atoms with Crippen LogP contribution in [0.2, 0.25) is 0 Å². The summed E-state index contributed by atoms with van der Waals surface area (Å²) in [4.78, 5) is 0. The summed E-state index contributed by atoms with van der Waals surface area (Å²) < 4.78 is 279. The third kappa shape index (κ3) is 9.12. The van der Waals surface area contributed by atoms with Gasteiger partial charge in [0.25, 0.3) is 0 Å². The highest BCUT2D eigenvalue weighted by Crippen LogP contribution is 2.51. The van der Waals surface area contributed by atoms with Crippen molar-refractivity contribution < 1.29 is 106 Å². The standard InChI is InChI=1S/C18H22F16O8S2/c1-3-9(7-11(19,20)13(23,24)41-15(27,28)17(31,32)43(35,36)37)5-6-10(4-2)8-12(21,22)14(25,26)42-16(29,30)18(33,34)44(38,39)40/h9-10H,3-8H2,1-2H3,(H,35,36,37)(H,38,39,40). The van der Waals surface area contributed by atoms with Gasteiger partial charge in [-0.1, -0.05) is 26.7 Å². The van der Waals surface area contributed by atoms with E-state index in [4.69, 9.17) is 9.11 Å². The van der Waals surface area contributed by atoms with Gasteiger partial charge in [0.2, 0.25) is 0 Å². The maximum atomic E-state index is 14.1. The molecule has 0 aromatic carbocycles. The lowest BCUT2D eigenvalue weighted by Gasteiger charge is -2.34. The molecule has 266 valence electrons. The highest BCUT2D eigenvalue weighted by atomic mass is 32.2. The van der Waals surface area contributed by atoms with Gasteiger partial charge in [0.1, 0.15) is 0 Å². The third-order valence-electron chi connectivity index (χ3n) is 5.92. The zero-order valence-corrected chi connectivity index (χ0v) is 23.2. The number of ether oxygens (including phenoxy) is 2. The number of alkyl halides is 16. The summed E-state index contributed by atoms with van der Waals surface area (Å²) in [5.74, 6) is -15.5. The van der Waals surface area contributed by atoms with Crippen molar-refractivity contribution in [3.63, 3.8) is 0 Å². The van der Waals surface area contributed by atoms with Gasteiger partial charge in [-0.25, -0.2) is 9.47 Å². The lowest BCUT2D eigenvalue weighted by atomic mass is 9.86. The molecule has 44 heavy (non-hydrogen) atoms. The van der Waals surface area contributed by atoms with Crippen LogP contribution in [0.15, 0.2) is 0 Å². The fourth-order valence-electron chi connectivity index (χ4n) is 3.23. The first-order valence-corrected chi connectivity index (χ1v) is 14.2. The largest absolute Gasteiger partial charge is 0.460 e. The molecule has 26 heteroatoms. The second-order valence-electron chi connectivity index (χ2n) is 9.20. The molecule has 0 heterocycles. The first-order valence-electron chi connectivity index (χ1n) is 11.4. The number of halogens is 16. The molecule has 2 atom stereocenters. The average molecular weight is 734 g/mol. The van der Waals surface area contributed by atoms with E-state index in [1.165, 1.54) is 0 Å². The van der Waals surface area contributed by atoms with Gasteiger partial charge in [-0.15, -0.1) is 0 Å². The van der Waals surface area contributed by atoms with Gasteiger partial charge in [0, 0.05) is 12.8 Å². The average Bonchev–Trinajstić information content (AvgIpc) is 2.77. The quantitative estimate of drug-likeness (QED) is 0.105. The Labute approximate surface area is 237 Å². The van der Waals surface area contributed by atoms with Crippen molar-refractivity contribution >= 4 is 20.2 Å². The van der Waals surface area contributed by atoms with Crippen LogP contribution in [0, 0.1) is 11.8 Å². The third-order valence-corrected chi connectivity index (χ3v) is 7.69. The monoisotopic (exact) mass is 734 g/mol. The molecule has 2 N–H and O–H groups in total. The molecule has 0 rings (SSSR count). The minimum absolute atomic E-state index is 0.660. The molecule has 0 aliphatic heterocycles. The normalized spacial score (nSPS) is 17.1. The van der Waals surface area contributed by atoms with E-state index in [1.807, 2.05) is 0 Å². The molecule has 0 saturated heterocycles. The predicted molar refractivity (Wildman–Crippen MR) is 111 cm³/mol. The number of hydrogen-bond acceptors (Lipinski definition) is 6. The SMILES string of the molecule is CCC(CCC(CC)CC(F)(F)C(F)(F)OC(F)(F)C(F)(F)S(=O)(=O)O)CC(F)(F)C(F)(F)OC(F)(F)C(F)(F)S(=O)(=O)O. The zero-order valence-electron chi connectivity index (χ0n) is 21.6. The van der Waals surface area contributed by atoms with E-state index in [1.54, 1.807) is 0 Å². The van der Waals surface area contributed by atoms with E-state index in [2.05, 4.69) is 9.47 Å². The Morgan fingerprint density at radius 3 is 0.909 bits per heavy atom.